The van der Waals surface area contributed by atoms with Gasteiger partial charge in [0.2, 0.25) is 10.0 Å². The number of benzene rings is 1. The van der Waals surface area contributed by atoms with E-state index in [0.717, 1.165) is 22.5 Å². The van der Waals surface area contributed by atoms with Crippen molar-refractivity contribution < 1.29 is 17.9 Å². The van der Waals surface area contributed by atoms with E-state index in [1.54, 1.807) is 12.3 Å². The van der Waals surface area contributed by atoms with Crippen molar-refractivity contribution in [1.29, 1.82) is 0 Å². The summed E-state index contributed by atoms with van der Waals surface area (Å²) in [5.41, 5.74) is 3.72. The Morgan fingerprint density at radius 1 is 1.20 bits per heavy atom. The smallest absolute Gasteiger partial charge is 0.276 e. The summed E-state index contributed by atoms with van der Waals surface area (Å²) < 4.78 is 30.3. The van der Waals surface area contributed by atoms with Gasteiger partial charge >= 0.3 is 0 Å². The number of carbonyl (C=O) groups excluding carboxylic acids is 1. The quantitative estimate of drug-likeness (QED) is 0.366. The Kier molecular flexibility index (Phi) is 7.77. The molecule has 0 spiro atoms. The van der Waals surface area contributed by atoms with Crippen molar-refractivity contribution in [1.82, 2.24) is 14.3 Å². The molecule has 9 nitrogen and oxygen atoms in total. The normalized spacial score (nSPS) is 14.5. The number of aromatic nitrogens is 2. The summed E-state index contributed by atoms with van der Waals surface area (Å²) in [5, 5.41) is 5.14. The molecule has 2 aromatic heterocycles. The van der Waals surface area contributed by atoms with Gasteiger partial charge in [-0.2, -0.15) is 4.31 Å². The Balaban J connectivity index is 1.38. The molecule has 35 heavy (non-hydrogen) atoms. The summed E-state index contributed by atoms with van der Waals surface area (Å²) in [5.74, 6) is 2.10. The minimum absolute atomic E-state index is 0.231. The van der Waals surface area contributed by atoms with Crippen molar-refractivity contribution in [2.45, 2.75) is 6.61 Å². The number of hydrogen-bond acceptors (Lipinski definition) is 8. The summed E-state index contributed by atoms with van der Waals surface area (Å²) in [6, 6.07) is 11.2. The predicted octanol–water partition coefficient (Wildman–Crippen LogP) is 2.69. The molecule has 4 rings (SSSR count). The van der Waals surface area contributed by atoms with Crippen LogP contribution in [0, 0.1) is 12.3 Å². The van der Waals surface area contributed by atoms with Crippen molar-refractivity contribution >= 4 is 38.1 Å². The molecule has 0 aliphatic carbocycles. The monoisotopic (exact) mass is 511 g/mol. The van der Waals surface area contributed by atoms with E-state index >= 15 is 0 Å². The van der Waals surface area contributed by atoms with E-state index in [-0.39, 0.29) is 18.2 Å². The lowest BCUT2D eigenvalue weighted by molar-refractivity contribution is 0.102. The van der Waals surface area contributed by atoms with Gasteiger partial charge in [-0.1, -0.05) is 30.2 Å². The van der Waals surface area contributed by atoms with Crippen LogP contribution in [0.5, 0.6) is 0 Å². The van der Waals surface area contributed by atoms with Crippen LogP contribution in [0.2, 0.25) is 0 Å². The van der Waals surface area contributed by atoms with E-state index in [9.17, 15) is 13.2 Å². The molecule has 0 saturated carbocycles. The summed E-state index contributed by atoms with van der Waals surface area (Å²) in [6.45, 7) is 2.59. The number of amides is 1. The van der Waals surface area contributed by atoms with E-state index in [2.05, 4.69) is 21.2 Å². The van der Waals surface area contributed by atoms with Gasteiger partial charge in [-0.25, -0.2) is 18.4 Å². The SMILES string of the molecule is C#CCOCc1ccccc1-c1csc(NC(=O)c2ccc(N3CCN(S(C)(=O)=O)CC3)cn2)n1. The fraction of sp³-hybridized carbons (Fsp3) is 0.292. The highest BCUT2D eigenvalue weighted by Gasteiger charge is 2.24. The van der Waals surface area contributed by atoms with Crippen molar-refractivity contribution in [2.24, 2.45) is 0 Å². The molecule has 1 saturated heterocycles. The average molecular weight is 512 g/mol. The van der Waals surface area contributed by atoms with Crippen LogP contribution in [0.15, 0.2) is 48.0 Å². The zero-order chi connectivity index (χ0) is 24.8. The molecule has 0 bridgehead atoms. The van der Waals surface area contributed by atoms with Crippen LogP contribution in [0.1, 0.15) is 16.1 Å². The van der Waals surface area contributed by atoms with E-state index in [1.165, 1.54) is 21.9 Å². The second kappa shape index (κ2) is 11.0. The lowest BCUT2D eigenvalue weighted by Crippen LogP contribution is -2.48. The molecule has 1 fully saturated rings. The van der Waals surface area contributed by atoms with Gasteiger partial charge in [0.05, 0.1) is 30.4 Å². The molecule has 0 atom stereocenters. The molecule has 1 aliphatic heterocycles. The number of sulfonamides is 1. The Bertz CT molecular complexity index is 1320. The molecule has 3 aromatic rings. The van der Waals surface area contributed by atoms with Gasteiger partial charge in [-0.05, 0) is 17.7 Å². The van der Waals surface area contributed by atoms with Gasteiger partial charge in [0.15, 0.2) is 5.13 Å². The Morgan fingerprint density at radius 3 is 2.66 bits per heavy atom. The van der Waals surface area contributed by atoms with Crippen molar-refractivity contribution in [3.8, 4) is 23.6 Å². The fourth-order valence-corrected chi connectivity index (χ4v) is 5.25. The summed E-state index contributed by atoms with van der Waals surface area (Å²) in [7, 11) is -3.18. The van der Waals surface area contributed by atoms with Crippen molar-refractivity contribution in [2.75, 3.05) is 49.3 Å². The number of hydrogen-bond donors (Lipinski definition) is 1. The Labute approximate surface area is 208 Å². The first-order valence-electron chi connectivity index (χ1n) is 10.9. The third-order valence-electron chi connectivity index (χ3n) is 5.51. The standard InChI is InChI=1S/C24H25N5O4S2/c1-3-14-33-16-18-6-4-5-7-20(18)22-17-34-24(26-22)27-23(30)21-9-8-19(15-25-21)28-10-12-29(13-11-28)35(2,31)32/h1,4-9,15,17H,10-14,16H2,2H3,(H,26,27,30). The third kappa shape index (κ3) is 6.23. The first-order valence-corrected chi connectivity index (χ1v) is 13.6. The fourth-order valence-electron chi connectivity index (χ4n) is 3.72. The number of piperazine rings is 1. The highest BCUT2D eigenvalue weighted by Crippen LogP contribution is 2.28. The zero-order valence-corrected chi connectivity index (χ0v) is 20.8. The molecular formula is C24H25N5O4S2. The Morgan fingerprint density at radius 2 is 1.97 bits per heavy atom. The van der Waals surface area contributed by atoms with E-state index in [1.807, 2.05) is 40.6 Å². The van der Waals surface area contributed by atoms with Gasteiger partial charge in [-0.15, -0.1) is 17.8 Å². The molecule has 3 heterocycles. The van der Waals surface area contributed by atoms with Gasteiger partial charge in [-0.3, -0.25) is 10.1 Å². The number of thiazole rings is 1. The Hall–Kier alpha value is -3.30. The summed E-state index contributed by atoms with van der Waals surface area (Å²) in [4.78, 5) is 23.6. The van der Waals surface area contributed by atoms with E-state index in [0.29, 0.717) is 37.9 Å². The summed E-state index contributed by atoms with van der Waals surface area (Å²) >= 11 is 1.33. The maximum atomic E-state index is 12.7. The van der Waals surface area contributed by atoms with Crippen LogP contribution in [0.25, 0.3) is 11.3 Å². The molecule has 1 amide bonds. The largest absolute Gasteiger partial charge is 0.368 e. The predicted molar refractivity (Wildman–Crippen MR) is 137 cm³/mol. The minimum atomic E-state index is -3.18. The maximum Gasteiger partial charge on any atom is 0.276 e. The second-order valence-corrected chi connectivity index (χ2v) is 10.7. The van der Waals surface area contributed by atoms with Gasteiger partial charge in [0.25, 0.3) is 5.91 Å². The molecule has 0 radical (unpaired) electrons. The van der Waals surface area contributed by atoms with Crippen LogP contribution in [0.3, 0.4) is 0 Å². The number of nitrogens with one attached hydrogen (secondary N) is 1. The van der Waals surface area contributed by atoms with Gasteiger partial charge < -0.3 is 9.64 Å². The number of anilines is 2. The highest BCUT2D eigenvalue weighted by molar-refractivity contribution is 7.88. The van der Waals surface area contributed by atoms with Crippen LogP contribution < -0.4 is 10.2 Å². The van der Waals surface area contributed by atoms with Crippen LogP contribution in [-0.2, 0) is 21.4 Å². The van der Waals surface area contributed by atoms with Crippen LogP contribution in [-0.4, -0.2) is 67.6 Å². The molecule has 1 aliphatic rings. The molecule has 1 aromatic carbocycles. The molecule has 1 N–H and O–H groups in total. The highest BCUT2D eigenvalue weighted by atomic mass is 32.2. The number of pyridine rings is 1. The topological polar surface area (TPSA) is 105 Å². The first kappa shape index (κ1) is 24.8. The maximum absolute atomic E-state index is 12.7. The van der Waals surface area contributed by atoms with Crippen LogP contribution >= 0.6 is 11.3 Å². The number of nitrogens with zero attached hydrogens (tertiary/aromatic N) is 4. The molecule has 0 unspecified atom stereocenters. The number of terminal acetylenes is 1. The average Bonchev–Trinajstić information content (AvgIpc) is 3.32. The summed E-state index contributed by atoms with van der Waals surface area (Å²) in [6.07, 6.45) is 8.10. The van der Waals surface area contributed by atoms with Gasteiger partial charge in [0, 0.05) is 37.1 Å². The minimum Gasteiger partial charge on any atom is -0.368 e. The molecule has 182 valence electrons. The number of carbonyl (C=O) groups is 1. The van der Waals surface area contributed by atoms with Crippen LogP contribution in [0.4, 0.5) is 10.8 Å². The van der Waals surface area contributed by atoms with Crippen molar-refractivity contribution in [3.05, 3.63) is 59.2 Å². The first-order chi connectivity index (χ1) is 16.8. The zero-order valence-electron chi connectivity index (χ0n) is 19.2. The number of ether oxygens (including phenoxy) is 1. The van der Waals surface area contributed by atoms with Gasteiger partial charge in [0.1, 0.15) is 12.3 Å². The molecule has 11 heteroatoms. The third-order valence-corrected chi connectivity index (χ3v) is 7.58. The van der Waals surface area contributed by atoms with E-state index in [4.69, 9.17) is 11.2 Å². The van der Waals surface area contributed by atoms with E-state index < -0.39 is 10.0 Å². The lowest BCUT2D eigenvalue weighted by Gasteiger charge is -2.34. The number of rotatable bonds is 8. The molecular weight excluding hydrogens is 486 g/mol. The second-order valence-electron chi connectivity index (χ2n) is 7.90. The van der Waals surface area contributed by atoms with Crippen molar-refractivity contribution in [3.63, 3.8) is 0 Å². The lowest BCUT2D eigenvalue weighted by atomic mass is 10.1.